The van der Waals surface area contributed by atoms with E-state index in [1.54, 1.807) is 54.6 Å². The summed E-state index contributed by atoms with van der Waals surface area (Å²) in [5.74, 6) is -0.610. The lowest BCUT2D eigenvalue weighted by molar-refractivity contribution is -0.140. The Hall–Kier alpha value is -4.14. The zero-order valence-electron chi connectivity index (χ0n) is 25.9. The lowest BCUT2D eigenvalue weighted by Gasteiger charge is -2.34. The van der Waals surface area contributed by atoms with Gasteiger partial charge in [0.25, 0.3) is 10.0 Å². The Morgan fingerprint density at radius 2 is 1.40 bits per heavy atom. The lowest BCUT2D eigenvalue weighted by Crippen LogP contribution is -2.53. The third kappa shape index (κ3) is 8.96. The summed E-state index contributed by atoms with van der Waals surface area (Å²) in [6.45, 7) is 5.96. The van der Waals surface area contributed by atoms with E-state index in [1.165, 1.54) is 21.3 Å². The highest BCUT2D eigenvalue weighted by molar-refractivity contribution is 7.92. The molecule has 2 amide bonds. The van der Waals surface area contributed by atoms with Crippen LogP contribution in [-0.2, 0) is 39.0 Å². The zero-order valence-corrected chi connectivity index (χ0v) is 27.5. The average molecular weight is 646 g/mol. The van der Waals surface area contributed by atoms with E-state index in [9.17, 15) is 18.0 Å². The number of aryl methyl sites for hydroxylation is 1. The number of carbonyl (C=O) groups excluding carboxylic acids is 2. The van der Waals surface area contributed by atoms with Crippen molar-refractivity contribution in [3.63, 3.8) is 0 Å². The number of rotatable bonds is 14. The van der Waals surface area contributed by atoms with Crippen LogP contribution in [0.4, 0.5) is 5.69 Å². The van der Waals surface area contributed by atoms with Crippen LogP contribution >= 0.6 is 11.6 Å². The minimum absolute atomic E-state index is 0.0727. The van der Waals surface area contributed by atoms with Crippen molar-refractivity contribution in [2.45, 2.75) is 51.1 Å². The summed E-state index contributed by atoms with van der Waals surface area (Å²) in [7, 11) is -4.15. The Bertz CT molecular complexity index is 1660. The summed E-state index contributed by atoms with van der Waals surface area (Å²) in [5, 5.41) is 3.55. The van der Waals surface area contributed by atoms with E-state index < -0.39 is 28.5 Å². The fraction of sp³-hybridized carbons (Fsp3) is 0.278. The monoisotopic (exact) mass is 645 g/mol. The van der Waals surface area contributed by atoms with Gasteiger partial charge in [0.1, 0.15) is 12.6 Å². The minimum Gasteiger partial charge on any atom is -0.354 e. The predicted octanol–water partition coefficient (Wildman–Crippen LogP) is 6.51. The van der Waals surface area contributed by atoms with Crippen molar-refractivity contribution in [1.82, 2.24) is 10.2 Å². The average Bonchev–Trinajstić information content (AvgIpc) is 3.05. The molecule has 1 N–H and O–H groups in total. The van der Waals surface area contributed by atoms with Crippen molar-refractivity contribution in [3.8, 4) is 0 Å². The summed E-state index contributed by atoms with van der Waals surface area (Å²) in [5.41, 5.74) is 2.84. The van der Waals surface area contributed by atoms with Crippen molar-refractivity contribution in [2.75, 3.05) is 17.4 Å². The summed E-state index contributed by atoms with van der Waals surface area (Å²) in [4.78, 5) is 30.0. The van der Waals surface area contributed by atoms with Gasteiger partial charge < -0.3 is 10.2 Å². The second-order valence-electron chi connectivity index (χ2n) is 11.3. The smallest absolute Gasteiger partial charge is 0.264 e. The molecule has 7 nitrogen and oxygen atoms in total. The Morgan fingerprint density at radius 3 is 2.02 bits per heavy atom. The number of anilines is 1. The number of hydrogen-bond acceptors (Lipinski definition) is 4. The van der Waals surface area contributed by atoms with Crippen molar-refractivity contribution < 1.29 is 18.0 Å². The molecule has 0 aliphatic carbocycles. The van der Waals surface area contributed by atoms with Gasteiger partial charge in [-0.1, -0.05) is 111 Å². The molecule has 4 rings (SSSR count). The van der Waals surface area contributed by atoms with Gasteiger partial charge in [0.15, 0.2) is 0 Å². The van der Waals surface area contributed by atoms with Crippen molar-refractivity contribution in [3.05, 3.63) is 131 Å². The third-order valence-corrected chi connectivity index (χ3v) is 9.50. The van der Waals surface area contributed by atoms with E-state index in [-0.39, 0.29) is 29.7 Å². The quantitative estimate of drug-likeness (QED) is 0.169. The minimum atomic E-state index is -4.15. The van der Waals surface area contributed by atoms with Crippen LogP contribution in [0.5, 0.6) is 0 Å². The number of halogens is 1. The van der Waals surface area contributed by atoms with Gasteiger partial charge in [0, 0.05) is 24.5 Å². The highest BCUT2D eigenvalue weighted by Crippen LogP contribution is 2.28. The molecule has 4 aromatic rings. The first-order valence-corrected chi connectivity index (χ1v) is 16.9. The van der Waals surface area contributed by atoms with Gasteiger partial charge in [-0.25, -0.2) is 8.42 Å². The highest BCUT2D eigenvalue weighted by Gasteiger charge is 2.35. The molecule has 0 spiro atoms. The van der Waals surface area contributed by atoms with Crippen molar-refractivity contribution in [1.29, 1.82) is 0 Å². The number of sulfonamides is 1. The van der Waals surface area contributed by atoms with Crippen LogP contribution in [0.3, 0.4) is 0 Å². The number of amides is 2. The Kier molecular flexibility index (Phi) is 11.8. The van der Waals surface area contributed by atoms with Gasteiger partial charge in [-0.05, 0) is 59.4 Å². The molecule has 9 heteroatoms. The fourth-order valence-corrected chi connectivity index (χ4v) is 6.65. The van der Waals surface area contributed by atoms with E-state index in [0.717, 1.165) is 16.7 Å². The van der Waals surface area contributed by atoms with Crippen LogP contribution in [0.15, 0.2) is 114 Å². The first-order valence-electron chi connectivity index (χ1n) is 15.1. The van der Waals surface area contributed by atoms with Crippen LogP contribution in [0.25, 0.3) is 0 Å². The van der Waals surface area contributed by atoms with Crippen LogP contribution in [0.2, 0.25) is 5.02 Å². The molecule has 0 aliphatic heterocycles. The van der Waals surface area contributed by atoms with Crippen LogP contribution in [0, 0.1) is 5.92 Å². The van der Waals surface area contributed by atoms with E-state index in [0.29, 0.717) is 23.7 Å². The Labute approximate surface area is 271 Å². The highest BCUT2D eigenvalue weighted by atomic mass is 35.5. The first-order chi connectivity index (χ1) is 21.6. The molecule has 0 fully saturated rings. The standard InChI is InChI=1S/C36H40ClN3O4S/c1-4-30-15-11-12-18-33(30)40(45(43,44)32-16-9-6-10-17-32)26-35(41)39(25-29-19-21-31(37)22-20-29)34(36(42)38-24-27(2)3)23-28-13-7-5-8-14-28/h5-22,27,34H,4,23-26H2,1-3H3,(H,38,42)/t34-/m1/s1. The molecule has 45 heavy (non-hydrogen) atoms. The molecule has 1 atom stereocenters. The normalized spacial score (nSPS) is 12.0. The van der Waals surface area contributed by atoms with Gasteiger partial charge in [0.05, 0.1) is 10.6 Å². The molecule has 4 aromatic carbocycles. The van der Waals surface area contributed by atoms with Crippen LogP contribution < -0.4 is 9.62 Å². The molecule has 236 valence electrons. The van der Waals surface area contributed by atoms with E-state index in [1.807, 2.05) is 63.2 Å². The van der Waals surface area contributed by atoms with Gasteiger partial charge in [0.2, 0.25) is 11.8 Å². The molecule has 0 bridgehead atoms. The molecular weight excluding hydrogens is 606 g/mol. The summed E-state index contributed by atoms with van der Waals surface area (Å²) < 4.78 is 29.5. The van der Waals surface area contributed by atoms with Crippen LogP contribution in [0.1, 0.15) is 37.5 Å². The number of hydrogen-bond donors (Lipinski definition) is 1. The zero-order chi connectivity index (χ0) is 32.4. The molecule has 0 aliphatic rings. The van der Waals surface area contributed by atoms with E-state index in [2.05, 4.69) is 5.32 Å². The number of benzene rings is 4. The number of nitrogens with one attached hydrogen (secondary N) is 1. The molecule has 0 radical (unpaired) electrons. The molecule has 0 saturated heterocycles. The van der Waals surface area contributed by atoms with E-state index in [4.69, 9.17) is 11.6 Å². The maximum absolute atomic E-state index is 14.6. The van der Waals surface area contributed by atoms with Gasteiger partial charge in [-0.2, -0.15) is 0 Å². The molecule has 0 heterocycles. The van der Waals surface area contributed by atoms with Crippen LogP contribution in [-0.4, -0.2) is 44.3 Å². The Morgan fingerprint density at radius 1 is 0.800 bits per heavy atom. The van der Waals surface area contributed by atoms with Crippen molar-refractivity contribution in [2.24, 2.45) is 5.92 Å². The van der Waals surface area contributed by atoms with Gasteiger partial charge in [-0.3, -0.25) is 13.9 Å². The Balaban J connectivity index is 1.81. The van der Waals surface area contributed by atoms with E-state index >= 15 is 0 Å². The van der Waals surface area contributed by atoms with Gasteiger partial charge >= 0.3 is 0 Å². The maximum Gasteiger partial charge on any atom is 0.264 e. The molecule has 0 aromatic heterocycles. The number of carbonyl (C=O) groups is 2. The molecule has 0 unspecified atom stereocenters. The van der Waals surface area contributed by atoms with Gasteiger partial charge in [-0.15, -0.1) is 0 Å². The fourth-order valence-electron chi connectivity index (χ4n) is 5.05. The largest absolute Gasteiger partial charge is 0.354 e. The summed E-state index contributed by atoms with van der Waals surface area (Å²) >= 11 is 6.16. The topological polar surface area (TPSA) is 86.8 Å². The predicted molar refractivity (Wildman–Crippen MR) is 181 cm³/mol. The third-order valence-electron chi connectivity index (χ3n) is 7.47. The first kappa shape index (κ1) is 33.7. The molecule has 0 saturated carbocycles. The summed E-state index contributed by atoms with van der Waals surface area (Å²) in [6, 6.07) is 30.9. The lowest BCUT2D eigenvalue weighted by atomic mass is 10.0. The second-order valence-corrected chi connectivity index (χ2v) is 13.6. The number of nitrogens with zero attached hydrogens (tertiary/aromatic N) is 2. The van der Waals surface area contributed by atoms with Crippen molar-refractivity contribution >= 4 is 39.1 Å². The maximum atomic E-state index is 14.6. The second kappa shape index (κ2) is 15.7. The number of para-hydroxylation sites is 1. The summed E-state index contributed by atoms with van der Waals surface area (Å²) in [6.07, 6.45) is 0.814. The SMILES string of the molecule is CCc1ccccc1N(CC(=O)N(Cc1ccc(Cl)cc1)[C@H](Cc1ccccc1)C(=O)NCC(C)C)S(=O)(=O)c1ccccc1. The molecular formula is C36H40ClN3O4S.